The van der Waals surface area contributed by atoms with Gasteiger partial charge in [-0.1, -0.05) is 0 Å². The predicted octanol–water partition coefficient (Wildman–Crippen LogP) is -3.64. The molecule has 48 valence electrons. The summed E-state index contributed by atoms with van der Waals surface area (Å²) in [5.41, 5.74) is 0. The molecule has 0 radical (unpaired) electrons. The van der Waals surface area contributed by atoms with Crippen molar-refractivity contribution in [3.63, 3.8) is 0 Å². The molecular weight excluding hydrogens is 178 g/mol. The van der Waals surface area contributed by atoms with Gasteiger partial charge in [-0.2, -0.15) is 0 Å². The van der Waals surface area contributed by atoms with Gasteiger partial charge in [-0.3, -0.25) is 0 Å². The van der Waals surface area contributed by atoms with Gasteiger partial charge in [0.05, 0.1) is 0 Å². The molecule has 9 heavy (non-hydrogen) atoms. The summed E-state index contributed by atoms with van der Waals surface area (Å²) in [5, 5.41) is 13.9. The van der Waals surface area contributed by atoms with Crippen molar-refractivity contribution in [2.24, 2.45) is 0 Å². The average molecular weight is 188 g/mol. The summed E-state index contributed by atoms with van der Waals surface area (Å²) >= 11 is 0. The second-order valence-corrected chi connectivity index (χ2v) is 0.283. The molecule has 0 aromatic heterocycles. The van der Waals surface area contributed by atoms with Crippen molar-refractivity contribution in [3.05, 3.63) is 0 Å². The van der Waals surface area contributed by atoms with E-state index in [2.05, 4.69) is 0 Å². The first-order valence-electron chi connectivity index (χ1n) is 0.651. The second-order valence-electron chi connectivity index (χ2n) is 0.283. The van der Waals surface area contributed by atoms with Crippen molar-refractivity contribution in [2.75, 3.05) is 0 Å². The Morgan fingerprint density at radius 1 is 1.00 bits per heavy atom. The summed E-state index contributed by atoms with van der Waals surface area (Å²) in [4.78, 5) is 8.56. The van der Waals surface area contributed by atoms with Gasteiger partial charge >= 0.3 is 103 Å². The minimum absolute atomic E-state index is 0. The summed E-state index contributed by atoms with van der Waals surface area (Å²) in [6.07, 6.45) is -1.83. The Hall–Kier alpha value is 2.45. The zero-order valence-electron chi connectivity index (χ0n) is 2.80. The van der Waals surface area contributed by atoms with Gasteiger partial charge in [0.1, 0.15) is 0 Å². The quantitative estimate of drug-likeness (QED) is 0.381. The van der Waals surface area contributed by atoms with Crippen LogP contribution in [0, 0.1) is 0 Å². The van der Waals surface area contributed by atoms with Crippen molar-refractivity contribution >= 4 is 103 Å². The first-order valence-corrected chi connectivity index (χ1v) is 0.651. The molecule has 0 heterocycles. The first kappa shape index (κ1) is 42.1. The van der Waals surface area contributed by atoms with E-state index in [0.29, 0.717) is 0 Å². The summed E-state index contributed by atoms with van der Waals surface area (Å²) < 4.78 is 0. The molecular formula is CH10CaNa2O5. The van der Waals surface area contributed by atoms with E-state index in [0.717, 1.165) is 0 Å². The molecule has 6 N–H and O–H groups in total. The Balaban J connectivity index is -0.00000000450. The van der Waals surface area contributed by atoms with E-state index in [1.165, 1.54) is 0 Å². The van der Waals surface area contributed by atoms with Crippen molar-refractivity contribution in [2.45, 2.75) is 0 Å². The van der Waals surface area contributed by atoms with E-state index in [4.69, 9.17) is 15.0 Å². The fourth-order valence-electron chi connectivity index (χ4n) is 0. The second kappa shape index (κ2) is 31.4. The molecule has 0 aromatic carbocycles. The Bertz CT molecular complexity index is 37.9. The molecule has 0 bridgehead atoms. The van der Waals surface area contributed by atoms with Gasteiger partial charge in [-0.25, -0.2) is 4.79 Å². The maximum atomic E-state index is 8.56. The van der Waals surface area contributed by atoms with Gasteiger partial charge in [0, 0.05) is 0 Å². The van der Waals surface area contributed by atoms with Gasteiger partial charge < -0.3 is 21.2 Å². The van der Waals surface area contributed by atoms with Crippen LogP contribution in [0.4, 0.5) is 4.79 Å². The van der Waals surface area contributed by atoms with Crippen LogP contribution in [-0.4, -0.2) is 124 Å². The summed E-state index contributed by atoms with van der Waals surface area (Å²) in [5.74, 6) is 0. The van der Waals surface area contributed by atoms with E-state index in [9.17, 15) is 0 Å². The third-order valence-electron chi connectivity index (χ3n) is 0. The molecule has 0 rings (SSSR count). The van der Waals surface area contributed by atoms with Crippen LogP contribution in [0.1, 0.15) is 0 Å². The molecule has 0 aliphatic rings. The van der Waals surface area contributed by atoms with Crippen LogP contribution < -0.4 is 0 Å². The summed E-state index contributed by atoms with van der Waals surface area (Å²) in [6, 6.07) is 0. The first-order chi connectivity index (χ1) is 1.73. The topological polar surface area (TPSA) is 121 Å². The molecule has 0 atom stereocenters. The Morgan fingerprint density at radius 3 is 1.00 bits per heavy atom. The van der Waals surface area contributed by atoms with Crippen molar-refractivity contribution in [1.29, 1.82) is 0 Å². The van der Waals surface area contributed by atoms with Crippen molar-refractivity contribution in [3.8, 4) is 0 Å². The molecule has 5 nitrogen and oxygen atoms in total. The third kappa shape index (κ3) is 124. The van der Waals surface area contributed by atoms with E-state index >= 15 is 0 Å². The van der Waals surface area contributed by atoms with Crippen LogP contribution in [0.15, 0.2) is 0 Å². The predicted molar refractivity (Wildman–Crippen MR) is 40.7 cm³/mol. The summed E-state index contributed by atoms with van der Waals surface area (Å²) in [7, 11) is 0. The molecule has 0 saturated carbocycles. The van der Waals surface area contributed by atoms with Crippen LogP contribution in [0.25, 0.3) is 0 Å². The van der Waals surface area contributed by atoms with Gasteiger partial charge in [0.15, 0.2) is 0 Å². The monoisotopic (exact) mass is 188 g/mol. The molecule has 0 aromatic rings. The molecule has 0 aliphatic carbocycles. The Morgan fingerprint density at radius 2 is 1.00 bits per heavy atom. The molecule has 0 spiro atoms. The van der Waals surface area contributed by atoms with Crippen molar-refractivity contribution in [1.82, 2.24) is 0 Å². The van der Waals surface area contributed by atoms with E-state index in [-0.39, 0.29) is 108 Å². The van der Waals surface area contributed by atoms with E-state index in [1.807, 2.05) is 0 Å². The Labute approximate surface area is 126 Å². The van der Waals surface area contributed by atoms with Crippen LogP contribution in [0.2, 0.25) is 0 Å². The summed E-state index contributed by atoms with van der Waals surface area (Å²) in [6.45, 7) is 0. The molecule has 0 aliphatic heterocycles. The SMILES string of the molecule is O.O.O=C(O)O.[CaH2].[NaH].[NaH]. The number of hydrogen-bond acceptors (Lipinski definition) is 1. The van der Waals surface area contributed by atoms with Crippen LogP contribution in [0.3, 0.4) is 0 Å². The zero-order chi connectivity index (χ0) is 3.58. The third-order valence-corrected chi connectivity index (χ3v) is 0. The van der Waals surface area contributed by atoms with Crippen LogP contribution >= 0.6 is 0 Å². The standard InChI is InChI=1S/CH2O3.Ca.2Na.2H2O.4H/c2-1(3)4;;;;;;;;;/h(H2,2,3,4);;;;2*1H2;;;;. The molecule has 0 amide bonds. The van der Waals surface area contributed by atoms with Crippen LogP contribution in [-0.2, 0) is 0 Å². The maximum absolute atomic E-state index is 8.56. The van der Waals surface area contributed by atoms with Gasteiger partial charge in [-0.15, -0.1) is 0 Å². The number of hydrogen-bond donors (Lipinski definition) is 2. The molecule has 8 heteroatoms. The Kier molecular flexibility index (Phi) is 147. The fourth-order valence-corrected chi connectivity index (χ4v) is 0. The average Bonchev–Trinajstić information content (AvgIpc) is 0.811. The van der Waals surface area contributed by atoms with Crippen molar-refractivity contribution < 1.29 is 26.0 Å². The zero-order valence-corrected chi connectivity index (χ0v) is 2.80. The van der Waals surface area contributed by atoms with E-state index in [1.54, 1.807) is 0 Å². The fraction of sp³-hybridized carbons (Fsp3) is 0. The van der Waals surface area contributed by atoms with Gasteiger partial charge in [0.25, 0.3) is 0 Å². The number of rotatable bonds is 0. The number of carbonyl (C=O) groups is 1. The van der Waals surface area contributed by atoms with E-state index < -0.39 is 6.16 Å². The molecule has 0 unspecified atom stereocenters. The molecule has 0 saturated heterocycles. The van der Waals surface area contributed by atoms with Crippen LogP contribution in [0.5, 0.6) is 0 Å². The van der Waals surface area contributed by atoms with Gasteiger partial charge in [-0.05, 0) is 0 Å². The minimum atomic E-state index is -1.83. The molecule has 0 fully saturated rings. The van der Waals surface area contributed by atoms with Gasteiger partial charge in [0.2, 0.25) is 0 Å². The number of carboxylic acid groups (broad SMARTS) is 2. The normalized spacial score (nSPS) is 2.67.